The van der Waals surface area contributed by atoms with Crippen molar-refractivity contribution >= 4 is 17.3 Å². The maximum absolute atomic E-state index is 11.8. The molecule has 0 atom stereocenters. The van der Waals surface area contributed by atoms with Crippen LogP contribution in [0.4, 0.5) is 0 Å². The molecule has 0 amide bonds. The number of hydrogen-bond donors (Lipinski definition) is 0. The van der Waals surface area contributed by atoms with Crippen LogP contribution in [0.1, 0.15) is 9.67 Å². The molecular formula is C13H8O3S. The highest BCUT2D eigenvalue weighted by Gasteiger charge is 2.15. The fraction of sp³-hybridized carbons (Fsp3) is 0. The van der Waals surface area contributed by atoms with E-state index in [4.69, 9.17) is 9.15 Å². The molecular weight excluding hydrogens is 236 g/mol. The number of fused-ring (bicyclic) bond motifs is 1. The molecule has 0 aromatic carbocycles. The lowest BCUT2D eigenvalue weighted by Crippen LogP contribution is -2.06. The summed E-state index contributed by atoms with van der Waals surface area (Å²) in [6, 6.07) is 9.05. The van der Waals surface area contributed by atoms with Gasteiger partial charge >= 0.3 is 5.97 Å². The topological polar surface area (TPSA) is 39.4 Å². The molecule has 1 aromatic heterocycles. The average molecular weight is 244 g/mol. The van der Waals surface area contributed by atoms with Gasteiger partial charge in [-0.25, -0.2) is 4.79 Å². The summed E-state index contributed by atoms with van der Waals surface area (Å²) < 4.78 is 10.4. The predicted octanol–water partition coefficient (Wildman–Crippen LogP) is 3.67. The summed E-state index contributed by atoms with van der Waals surface area (Å²) in [5.74, 6) is 0.194. The first kappa shape index (κ1) is 10.1. The van der Waals surface area contributed by atoms with Crippen molar-refractivity contribution in [3.05, 3.63) is 53.1 Å². The Morgan fingerprint density at radius 1 is 1.24 bits per heavy atom. The van der Waals surface area contributed by atoms with Crippen LogP contribution in [0.5, 0.6) is 5.75 Å². The fourth-order valence-electron chi connectivity index (χ4n) is 1.61. The van der Waals surface area contributed by atoms with E-state index in [1.807, 2.05) is 23.6 Å². The third kappa shape index (κ3) is 1.83. The largest absolute Gasteiger partial charge is 0.472 e. The highest BCUT2D eigenvalue weighted by molar-refractivity contribution is 7.12. The Kier molecular flexibility index (Phi) is 2.42. The van der Waals surface area contributed by atoms with Gasteiger partial charge in [-0.2, -0.15) is 0 Å². The van der Waals surface area contributed by atoms with Gasteiger partial charge in [0.1, 0.15) is 16.9 Å². The Morgan fingerprint density at radius 3 is 3.00 bits per heavy atom. The molecule has 2 aliphatic rings. The zero-order valence-electron chi connectivity index (χ0n) is 8.75. The first-order chi connectivity index (χ1) is 8.34. The first-order valence-electron chi connectivity index (χ1n) is 5.05. The molecule has 1 aliphatic carbocycles. The van der Waals surface area contributed by atoms with E-state index in [-0.39, 0.29) is 5.97 Å². The van der Waals surface area contributed by atoms with Crippen LogP contribution in [0.15, 0.2) is 52.7 Å². The Hall–Kier alpha value is -2.07. The van der Waals surface area contributed by atoms with E-state index in [0.29, 0.717) is 10.6 Å². The third-order valence-corrected chi connectivity index (χ3v) is 3.28. The molecule has 0 spiro atoms. The van der Waals surface area contributed by atoms with E-state index in [1.54, 1.807) is 24.7 Å². The summed E-state index contributed by atoms with van der Waals surface area (Å²) in [5, 5.41) is 1.84. The van der Waals surface area contributed by atoms with E-state index in [9.17, 15) is 4.79 Å². The van der Waals surface area contributed by atoms with E-state index in [0.717, 1.165) is 11.1 Å². The van der Waals surface area contributed by atoms with Crippen molar-refractivity contribution in [1.82, 2.24) is 0 Å². The normalized spacial score (nSPS) is 10.6. The number of hydrogen-bond acceptors (Lipinski definition) is 4. The van der Waals surface area contributed by atoms with Crippen LogP contribution in [0.2, 0.25) is 0 Å². The van der Waals surface area contributed by atoms with Crippen LogP contribution >= 0.6 is 11.3 Å². The molecule has 84 valence electrons. The SMILES string of the molecule is O=C(Oc1ccc2ccocc1-2)c1cccs1. The molecule has 0 N–H and O–H groups in total. The number of rotatable bonds is 2. The minimum Gasteiger partial charge on any atom is -0.472 e. The lowest BCUT2D eigenvalue weighted by Gasteiger charge is -2.03. The lowest BCUT2D eigenvalue weighted by molar-refractivity contribution is 0.0741. The summed E-state index contributed by atoms with van der Waals surface area (Å²) in [6.45, 7) is 0. The first-order valence-corrected chi connectivity index (χ1v) is 5.93. The molecule has 1 aliphatic heterocycles. The van der Waals surface area contributed by atoms with Crippen molar-refractivity contribution < 1.29 is 13.9 Å². The van der Waals surface area contributed by atoms with Gasteiger partial charge in [0.2, 0.25) is 0 Å². The second-order valence-electron chi connectivity index (χ2n) is 3.49. The molecule has 0 saturated carbocycles. The molecule has 2 heterocycles. The Morgan fingerprint density at radius 2 is 2.18 bits per heavy atom. The lowest BCUT2D eigenvalue weighted by atomic mass is 10.2. The van der Waals surface area contributed by atoms with Crippen LogP contribution in [-0.2, 0) is 0 Å². The van der Waals surface area contributed by atoms with Crippen LogP contribution in [0.3, 0.4) is 0 Å². The van der Waals surface area contributed by atoms with Crippen molar-refractivity contribution in [2.45, 2.75) is 0 Å². The predicted molar refractivity (Wildman–Crippen MR) is 64.6 cm³/mol. The minimum atomic E-state index is -0.337. The average Bonchev–Trinajstić information content (AvgIpc) is 2.98. The summed E-state index contributed by atoms with van der Waals surface area (Å²) in [5.41, 5.74) is 1.79. The van der Waals surface area contributed by atoms with Gasteiger partial charge in [-0.1, -0.05) is 12.1 Å². The number of thiophene rings is 1. The molecule has 4 heteroatoms. The number of carbonyl (C=O) groups excluding carboxylic acids is 1. The molecule has 0 saturated heterocycles. The number of carbonyl (C=O) groups is 1. The van der Waals surface area contributed by atoms with Crippen LogP contribution < -0.4 is 4.74 Å². The number of esters is 1. The zero-order chi connectivity index (χ0) is 11.7. The number of ether oxygens (including phenoxy) is 1. The molecule has 3 nitrogen and oxygen atoms in total. The zero-order valence-corrected chi connectivity index (χ0v) is 9.57. The third-order valence-electron chi connectivity index (χ3n) is 2.43. The Labute approximate surface area is 102 Å². The van der Waals surface area contributed by atoms with Crippen LogP contribution in [0, 0.1) is 0 Å². The monoisotopic (exact) mass is 244 g/mol. The maximum Gasteiger partial charge on any atom is 0.353 e. The molecule has 0 fully saturated rings. The minimum absolute atomic E-state index is 0.337. The van der Waals surface area contributed by atoms with Crippen molar-refractivity contribution in [2.75, 3.05) is 0 Å². The van der Waals surface area contributed by atoms with Crippen molar-refractivity contribution in [2.24, 2.45) is 0 Å². The van der Waals surface area contributed by atoms with E-state index in [1.165, 1.54) is 11.3 Å². The highest BCUT2D eigenvalue weighted by atomic mass is 32.1. The molecule has 3 rings (SSSR count). The van der Waals surface area contributed by atoms with Gasteiger partial charge in [-0.05, 0) is 29.1 Å². The summed E-state index contributed by atoms with van der Waals surface area (Å²) >= 11 is 1.36. The Balaban J connectivity index is 1.89. The van der Waals surface area contributed by atoms with Gasteiger partial charge in [-0.3, -0.25) is 0 Å². The van der Waals surface area contributed by atoms with Crippen LogP contribution in [0.25, 0.3) is 11.1 Å². The summed E-state index contributed by atoms with van der Waals surface area (Å²) in [4.78, 5) is 12.4. The molecule has 1 aromatic rings. The van der Waals surface area contributed by atoms with Gasteiger partial charge in [0.15, 0.2) is 0 Å². The molecule has 0 radical (unpaired) electrons. The standard InChI is InChI=1S/C13H8O3S/c14-13(12-2-1-7-17-12)16-11-4-3-9-5-6-15-8-10(9)11/h1-8H. The van der Waals surface area contributed by atoms with Crippen LogP contribution in [-0.4, -0.2) is 5.97 Å². The van der Waals surface area contributed by atoms with Gasteiger partial charge in [0.05, 0.1) is 11.8 Å². The molecule has 0 bridgehead atoms. The quantitative estimate of drug-likeness (QED) is 0.646. The Bertz CT molecular complexity index is 609. The summed E-state index contributed by atoms with van der Waals surface area (Å²) in [7, 11) is 0. The van der Waals surface area contributed by atoms with E-state index >= 15 is 0 Å². The van der Waals surface area contributed by atoms with Gasteiger partial charge in [-0.15, -0.1) is 11.3 Å². The molecule has 0 unspecified atom stereocenters. The van der Waals surface area contributed by atoms with Crippen molar-refractivity contribution in [3.8, 4) is 16.9 Å². The fourth-order valence-corrected chi connectivity index (χ4v) is 2.21. The summed E-state index contributed by atoms with van der Waals surface area (Å²) in [6.07, 6.45) is 3.17. The van der Waals surface area contributed by atoms with Gasteiger partial charge in [0, 0.05) is 0 Å². The van der Waals surface area contributed by atoms with E-state index in [2.05, 4.69) is 0 Å². The maximum atomic E-state index is 11.8. The second-order valence-corrected chi connectivity index (χ2v) is 4.44. The van der Waals surface area contributed by atoms with Crippen molar-refractivity contribution in [3.63, 3.8) is 0 Å². The van der Waals surface area contributed by atoms with Gasteiger partial charge in [0.25, 0.3) is 0 Å². The molecule has 17 heavy (non-hydrogen) atoms. The van der Waals surface area contributed by atoms with Crippen molar-refractivity contribution in [1.29, 1.82) is 0 Å². The highest BCUT2D eigenvalue weighted by Crippen LogP contribution is 2.34. The second kappa shape index (κ2) is 4.07. The van der Waals surface area contributed by atoms with Gasteiger partial charge < -0.3 is 9.15 Å². The van der Waals surface area contributed by atoms with E-state index < -0.39 is 0 Å². The smallest absolute Gasteiger partial charge is 0.353 e.